The molecule has 118 valence electrons. The number of rotatable bonds is 6. The molecule has 2 aromatic rings. The number of aromatic nitrogens is 3. The van der Waals surface area contributed by atoms with Crippen molar-refractivity contribution in [3.8, 4) is 0 Å². The molecule has 22 heavy (non-hydrogen) atoms. The van der Waals surface area contributed by atoms with Crippen LogP contribution in [0.5, 0.6) is 0 Å². The maximum Gasteiger partial charge on any atom is 0.149 e. The summed E-state index contributed by atoms with van der Waals surface area (Å²) in [6.45, 7) is 4.47. The third-order valence-corrected chi connectivity index (χ3v) is 5.51. The van der Waals surface area contributed by atoms with Crippen LogP contribution in [0.4, 0.5) is 0 Å². The highest BCUT2D eigenvalue weighted by Gasteiger charge is 2.33. The van der Waals surface area contributed by atoms with E-state index in [0.29, 0.717) is 12.0 Å². The van der Waals surface area contributed by atoms with Gasteiger partial charge in [0.1, 0.15) is 12.2 Å². The Balaban J connectivity index is 1.53. The second-order valence-corrected chi connectivity index (χ2v) is 7.78. The molecule has 1 aliphatic carbocycles. The molecule has 4 nitrogen and oxygen atoms in total. The molecule has 5 heteroatoms. The van der Waals surface area contributed by atoms with Gasteiger partial charge in [-0.15, -0.1) is 22.0 Å². The number of aryl methyl sites for hydroxylation is 1. The molecule has 1 fully saturated rings. The number of hydrogen-bond donors (Lipinski definition) is 1. The van der Waals surface area contributed by atoms with Crippen molar-refractivity contribution in [3.63, 3.8) is 0 Å². The van der Waals surface area contributed by atoms with Crippen LogP contribution in [-0.4, -0.2) is 26.1 Å². The third kappa shape index (κ3) is 3.52. The lowest BCUT2D eigenvalue weighted by molar-refractivity contribution is 0.269. The predicted molar refractivity (Wildman–Crippen MR) is 90.8 cm³/mol. The smallest absolute Gasteiger partial charge is 0.149 e. The molecule has 0 spiro atoms. The monoisotopic (exact) mass is 316 g/mol. The molecule has 1 aromatic heterocycles. The van der Waals surface area contributed by atoms with Gasteiger partial charge in [-0.2, -0.15) is 0 Å². The molecule has 1 saturated carbocycles. The topological polar surface area (TPSA) is 42.7 Å². The van der Waals surface area contributed by atoms with Crippen molar-refractivity contribution in [1.82, 2.24) is 20.1 Å². The van der Waals surface area contributed by atoms with Gasteiger partial charge in [0, 0.05) is 23.2 Å². The maximum atomic E-state index is 4.28. The first-order chi connectivity index (χ1) is 10.6. The minimum atomic E-state index is 0.278. The van der Waals surface area contributed by atoms with E-state index in [2.05, 4.69) is 59.7 Å². The Bertz CT molecular complexity index is 590. The number of nitrogens with one attached hydrogen (secondary N) is 1. The molecule has 1 heterocycles. The van der Waals surface area contributed by atoms with Crippen molar-refractivity contribution >= 4 is 11.8 Å². The number of thioether (sulfide) groups is 1. The zero-order valence-electron chi connectivity index (χ0n) is 13.4. The van der Waals surface area contributed by atoms with Crippen LogP contribution in [-0.2, 0) is 7.05 Å². The summed E-state index contributed by atoms with van der Waals surface area (Å²) in [5, 5.41) is 12.8. The lowest BCUT2D eigenvalue weighted by Crippen LogP contribution is -2.46. The summed E-state index contributed by atoms with van der Waals surface area (Å²) >= 11 is 2.00. The van der Waals surface area contributed by atoms with Gasteiger partial charge in [0.05, 0.1) is 6.04 Å². The predicted octanol–water partition coefficient (Wildman–Crippen LogP) is 3.43. The van der Waals surface area contributed by atoms with Crippen LogP contribution in [0.1, 0.15) is 38.6 Å². The Labute approximate surface area is 136 Å². The van der Waals surface area contributed by atoms with Gasteiger partial charge in [0.15, 0.2) is 0 Å². The van der Waals surface area contributed by atoms with E-state index in [1.807, 2.05) is 23.4 Å². The zero-order chi connectivity index (χ0) is 15.5. The first-order valence-corrected chi connectivity index (χ1v) is 8.83. The summed E-state index contributed by atoms with van der Waals surface area (Å²) < 4.78 is 2.02. The van der Waals surface area contributed by atoms with E-state index in [1.165, 1.54) is 17.7 Å². The minimum Gasteiger partial charge on any atom is -0.319 e. The Morgan fingerprint density at radius 1 is 1.23 bits per heavy atom. The fourth-order valence-electron chi connectivity index (χ4n) is 2.88. The van der Waals surface area contributed by atoms with Crippen LogP contribution < -0.4 is 5.32 Å². The van der Waals surface area contributed by atoms with Gasteiger partial charge in [-0.25, -0.2) is 0 Å². The Hall–Kier alpha value is -1.33. The van der Waals surface area contributed by atoms with Gasteiger partial charge in [-0.3, -0.25) is 0 Å². The molecule has 1 aliphatic rings. The van der Waals surface area contributed by atoms with Crippen LogP contribution in [0.3, 0.4) is 0 Å². The summed E-state index contributed by atoms with van der Waals surface area (Å²) in [7, 11) is 2.02. The third-order valence-electron chi connectivity index (χ3n) is 4.25. The number of nitrogens with zero attached hydrogens (tertiary/aromatic N) is 3. The molecule has 1 aromatic carbocycles. The highest BCUT2D eigenvalue weighted by atomic mass is 32.2. The van der Waals surface area contributed by atoms with Gasteiger partial charge < -0.3 is 9.88 Å². The van der Waals surface area contributed by atoms with Crippen LogP contribution in [0.25, 0.3) is 0 Å². The first-order valence-electron chi connectivity index (χ1n) is 7.95. The van der Waals surface area contributed by atoms with Gasteiger partial charge in [0.2, 0.25) is 0 Å². The van der Waals surface area contributed by atoms with E-state index < -0.39 is 0 Å². The SMILES string of the molecule is CC(C)C(NC1CC(Sc2ccccc2)C1)c1nncn1C. The molecule has 1 atom stereocenters. The largest absolute Gasteiger partial charge is 0.319 e. The standard InChI is InChI=1S/C17H24N4S/c1-12(2)16(17-20-18-11-21(17)3)19-13-9-15(10-13)22-14-7-5-4-6-8-14/h4-8,11-13,15-16,19H,9-10H2,1-3H3. The van der Waals surface area contributed by atoms with Crippen molar-refractivity contribution in [2.75, 3.05) is 0 Å². The molecule has 0 amide bonds. The zero-order valence-corrected chi connectivity index (χ0v) is 14.3. The average molecular weight is 316 g/mol. The highest BCUT2D eigenvalue weighted by Crippen LogP contribution is 2.38. The van der Waals surface area contributed by atoms with E-state index in [-0.39, 0.29) is 6.04 Å². The highest BCUT2D eigenvalue weighted by molar-refractivity contribution is 8.00. The van der Waals surface area contributed by atoms with Crippen LogP contribution in [0, 0.1) is 5.92 Å². The summed E-state index contributed by atoms with van der Waals surface area (Å²) in [6.07, 6.45) is 4.22. The van der Waals surface area contributed by atoms with Crippen molar-refractivity contribution in [3.05, 3.63) is 42.5 Å². The molecule has 0 radical (unpaired) electrons. The molecule has 1 N–H and O–H groups in total. The van der Waals surface area contributed by atoms with Crippen molar-refractivity contribution in [1.29, 1.82) is 0 Å². The van der Waals surface area contributed by atoms with Crippen LogP contribution >= 0.6 is 11.8 Å². The summed E-state index contributed by atoms with van der Waals surface area (Å²) in [4.78, 5) is 1.37. The molecule has 0 bridgehead atoms. The molecular formula is C17H24N4S. The Kier molecular flexibility index (Phi) is 4.84. The van der Waals surface area contributed by atoms with E-state index in [4.69, 9.17) is 0 Å². The van der Waals surface area contributed by atoms with Gasteiger partial charge >= 0.3 is 0 Å². The quantitative estimate of drug-likeness (QED) is 0.887. The molecule has 1 unspecified atom stereocenters. The second-order valence-electron chi connectivity index (χ2n) is 6.41. The Morgan fingerprint density at radius 3 is 2.55 bits per heavy atom. The fraction of sp³-hybridized carbons (Fsp3) is 0.529. The lowest BCUT2D eigenvalue weighted by atomic mass is 9.90. The van der Waals surface area contributed by atoms with Gasteiger partial charge in [-0.1, -0.05) is 32.0 Å². The number of hydrogen-bond acceptors (Lipinski definition) is 4. The normalized spacial score (nSPS) is 22.5. The minimum absolute atomic E-state index is 0.278. The van der Waals surface area contributed by atoms with E-state index in [0.717, 1.165) is 11.1 Å². The number of benzene rings is 1. The summed E-state index contributed by atoms with van der Waals surface area (Å²) in [6, 6.07) is 11.6. The van der Waals surface area contributed by atoms with E-state index in [9.17, 15) is 0 Å². The summed E-state index contributed by atoms with van der Waals surface area (Å²) in [5.41, 5.74) is 0. The Morgan fingerprint density at radius 2 is 1.95 bits per heavy atom. The van der Waals surface area contributed by atoms with Gasteiger partial charge in [-0.05, 0) is 30.9 Å². The van der Waals surface area contributed by atoms with Crippen LogP contribution in [0.15, 0.2) is 41.6 Å². The lowest BCUT2D eigenvalue weighted by Gasteiger charge is -2.38. The van der Waals surface area contributed by atoms with E-state index >= 15 is 0 Å². The van der Waals surface area contributed by atoms with Crippen molar-refractivity contribution in [2.45, 2.75) is 48.9 Å². The molecule has 3 rings (SSSR count). The molecule has 0 aliphatic heterocycles. The first kappa shape index (κ1) is 15.6. The van der Waals surface area contributed by atoms with E-state index in [1.54, 1.807) is 6.33 Å². The fourth-order valence-corrected chi connectivity index (χ4v) is 4.24. The van der Waals surface area contributed by atoms with Crippen molar-refractivity contribution < 1.29 is 0 Å². The van der Waals surface area contributed by atoms with Crippen molar-refractivity contribution in [2.24, 2.45) is 13.0 Å². The van der Waals surface area contributed by atoms with Crippen LogP contribution in [0.2, 0.25) is 0 Å². The summed E-state index contributed by atoms with van der Waals surface area (Å²) in [5.74, 6) is 1.54. The average Bonchev–Trinajstić information content (AvgIpc) is 2.88. The molecule has 0 saturated heterocycles. The maximum absolute atomic E-state index is 4.28. The van der Waals surface area contributed by atoms with Gasteiger partial charge in [0.25, 0.3) is 0 Å². The second kappa shape index (κ2) is 6.84. The molecular weight excluding hydrogens is 292 g/mol.